The number of β-amino-alcohol motifs (C(OH)–C–C–N with tert-alkyl or cyclic N) is 1. The summed E-state index contributed by atoms with van der Waals surface area (Å²) in [7, 11) is 0. The Balaban J connectivity index is 2.86. The van der Waals surface area contributed by atoms with Crippen molar-refractivity contribution in [2.45, 2.75) is 44.5 Å². The summed E-state index contributed by atoms with van der Waals surface area (Å²) < 4.78 is 36.6. The first-order valence-electron chi connectivity index (χ1n) is 5.57. The second kappa shape index (κ2) is 4.75. The number of amides is 3. The number of carbonyl (C=O) groups is 2. The number of aliphatic hydroxyl groups is 1. The number of imide groups is 1. The maximum Gasteiger partial charge on any atom is 0.416 e. The molecule has 5 nitrogen and oxygen atoms in total. The molecule has 0 saturated carbocycles. The van der Waals surface area contributed by atoms with Crippen molar-refractivity contribution in [1.82, 2.24) is 10.2 Å². The van der Waals surface area contributed by atoms with Gasteiger partial charge in [0.1, 0.15) is 5.54 Å². The Hall–Kier alpha value is -1.31. The lowest BCUT2D eigenvalue weighted by Gasteiger charge is -2.24. The number of nitrogens with zero attached hydrogens (tertiary/aromatic N) is 1. The largest absolute Gasteiger partial charge is 0.416 e. The molecule has 1 fully saturated rings. The van der Waals surface area contributed by atoms with Gasteiger partial charge in [-0.15, -0.1) is 0 Å². The van der Waals surface area contributed by atoms with Crippen molar-refractivity contribution in [2.75, 3.05) is 6.54 Å². The molecule has 3 amide bonds. The zero-order valence-electron chi connectivity index (χ0n) is 10.0. The zero-order valence-corrected chi connectivity index (χ0v) is 10.0. The summed E-state index contributed by atoms with van der Waals surface area (Å²) in [4.78, 5) is 23.8. The summed E-state index contributed by atoms with van der Waals surface area (Å²) in [5, 5.41) is 11.3. The number of hydrogen-bond acceptors (Lipinski definition) is 3. The van der Waals surface area contributed by atoms with E-state index >= 15 is 0 Å². The molecule has 0 bridgehead atoms. The monoisotopic (exact) mass is 268 g/mol. The van der Waals surface area contributed by atoms with Crippen molar-refractivity contribution >= 4 is 11.9 Å². The van der Waals surface area contributed by atoms with E-state index in [2.05, 4.69) is 5.32 Å². The Labute approximate surface area is 102 Å². The number of aliphatic hydroxyl groups excluding tert-OH is 1. The summed E-state index contributed by atoms with van der Waals surface area (Å²) >= 11 is 0. The molecular weight excluding hydrogens is 253 g/mol. The molecule has 0 aromatic rings. The van der Waals surface area contributed by atoms with Crippen LogP contribution in [0.15, 0.2) is 0 Å². The molecule has 1 aliphatic rings. The van der Waals surface area contributed by atoms with Crippen molar-refractivity contribution in [2.24, 2.45) is 0 Å². The van der Waals surface area contributed by atoms with E-state index in [0.29, 0.717) is 4.90 Å². The van der Waals surface area contributed by atoms with Gasteiger partial charge in [-0.25, -0.2) is 4.79 Å². The van der Waals surface area contributed by atoms with E-state index in [1.807, 2.05) is 0 Å². The van der Waals surface area contributed by atoms with Crippen LogP contribution in [0.25, 0.3) is 0 Å². The fourth-order valence-corrected chi connectivity index (χ4v) is 1.85. The van der Waals surface area contributed by atoms with Gasteiger partial charge in [0.2, 0.25) is 0 Å². The smallest absolute Gasteiger partial charge is 0.382 e. The predicted molar refractivity (Wildman–Crippen MR) is 55.6 cm³/mol. The molecule has 1 heterocycles. The lowest BCUT2D eigenvalue weighted by atomic mass is 9.93. The first kappa shape index (κ1) is 14.7. The summed E-state index contributed by atoms with van der Waals surface area (Å²) in [5.41, 5.74) is -1.15. The molecule has 104 valence electrons. The SMILES string of the molecule is CCC1(CC)NC(=O)N(CC(O)C(F)(F)F)C1=O. The molecule has 1 atom stereocenters. The van der Waals surface area contributed by atoms with Crippen molar-refractivity contribution in [3.8, 4) is 0 Å². The Kier molecular flexibility index (Phi) is 3.89. The van der Waals surface area contributed by atoms with Crippen LogP contribution in [-0.2, 0) is 4.79 Å². The highest BCUT2D eigenvalue weighted by Gasteiger charge is 2.51. The van der Waals surface area contributed by atoms with Crippen LogP contribution in [0.5, 0.6) is 0 Å². The van der Waals surface area contributed by atoms with Gasteiger partial charge in [-0.05, 0) is 12.8 Å². The van der Waals surface area contributed by atoms with Gasteiger partial charge in [0.25, 0.3) is 5.91 Å². The number of alkyl halides is 3. The highest BCUT2D eigenvalue weighted by atomic mass is 19.4. The Bertz CT molecular complexity index is 353. The lowest BCUT2D eigenvalue weighted by molar-refractivity contribution is -0.206. The van der Waals surface area contributed by atoms with Gasteiger partial charge in [0.05, 0.1) is 6.54 Å². The lowest BCUT2D eigenvalue weighted by Crippen LogP contribution is -2.47. The Morgan fingerprint density at radius 1 is 1.33 bits per heavy atom. The van der Waals surface area contributed by atoms with E-state index in [-0.39, 0.29) is 12.8 Å². The third kappa shape index (κ3) is 2.43. The number of halogens is 3. The van der Waals surface area contributed by atoms with Gasteiger partial charge >= 0.3 is 12.2 Å². The van der Waals surface area contributed by atoms with Crippen molar-refractivity contribution < 1.29 is 27.9 Å². The maximum absolute atomic E-state index is 12.2. The van der Waals surface area contributed by atoms with Gasteiger partial charge in [-0.3, -0.25) is 9.69 Å². The third-order valence-electron chi connectivity index (χ3n) is 3.19. The number of carbonyl (C=O) groups excluding carboxylic acids is 2. The van der Waals surface area contributed by atoms with Crippen molar-refractivity contribution in [3.05, 3.63) is 0 Å². The first-order chi connectivity index (χ1) is 8.18. The van der Waals surface area contributed by atoms with E-state index in [0.717, 1.165) is 0 Å². The number of rotatable bonds is 4. The van der Waals surface area contributed by atoms with Crippen LogP contribution in [0, 0.1) is 0 Å². The van der Waals surface area contributed by atoms with Crippen LogP contribution in [0.3, 0.4) is 0 Å². The standard InChI is InChI=1S/C10H15F3N2O3/c1-3-9(4-2)7(17)15(8(18)14-9)5-6(16)10(11,12)13/h6,16H,3-5H2,1-2H3,(H,14,18). The van der Waals surface area contributed by atoms with E-state index in [4.69, 9.17) is 5.11 Å². The van der Waals surface area contributed by atoms with E-state index in [1.165, 1.54) is 0 Å². The van der Waals surface area contributed by atoms with Crippen LogP contribution >= 0.6 is 0 Å². The van der Waals surface area contributed by atoms with Gasteiger partial charge < -0.3 is 10.4 Å². The highest BCUT2D eigenvalue weighted by molar-refractivity contribution is 6.07. The second-order valence-electron chi connectivity index (χ2n) is 4.19. The van der Waals surface area contributed by atoms with Crippen LogP contribution in [0.4, 0.5) is 18.0 Å². The van der Waals surface area contributed by atoms with Crippen LogP contribution < -0.4 is 5.32 Å². The minimum atomic E-state index is -4.86. The number of nitrogens with one attached hydrogen (secondary N) is 1. The van der Waals surface area contributed by atoms with Crippen molar-refractivity contribution in [1.29, 1.82) is 0 Å². The van der Waals surface area contributed by atoms with Gasteiger partial charge in [-0.1, -0.05) is 13.8 Å². The number of hydrogen-bond donors (Lipinski definition) is 2. The molecule has 0 aromatic carbocycles. The van der Waals surface area contributed by atoms with Gasteiger partial charge in [0, 0.05) is 0 Å². The molecule has 0 aliphatic carbocycles. The molecule has 1 saturated heterocycles. The van der Waals surface area contributed by atoms with Crippen LogP contribution in [0.1, 0.15) is 26.7 Å². The summed E-state index contributed by atoms with van der Waals surface area (Å²) in [6.45, 7) is 2.24. The summed E-state index contributed by atoms with van der Waals surface area (Å²) in [6, 6.07) is -0.896. The molecule has 1 rings (SSSR count). The molecule has 8 heteroatoms. The normalized spacial score (nSPS) is 21.1. The van der Waals surface area contributed by atoms with Crippen LogP contribution in [0.2, 0.25) is 0 Å². The molecule has 18 heavy (non-hydrogen) atoms. The zero-order chi connectivity index (χ0) is 14.1. The molecular formula is C10H15F3N2O3. The molecule has 1 unspecified atom stereocenters. The molecule has 0 radical (unpaired) electrons. The Morgan fingerprint density at radius 2 is 1.83 bits per heavy atom. The molecule has 2 N–H and O–H groups in total. The third-order valence-corrected chi connectivity index (χ3v) is 3.19. The van der Waals surface area contributed by atoms with Gasteiger partial charge in [-0.2, -0.15) is 13.2 Å². The molecule has 0 spiro atoms. The van der Waals surface area contributed by atoms with E-state index in [1.54, 1.807) is 13.8 Å². The first-order valence-corrected chi connectivity index (χ1v) is 5.57. The minimum Gasteiger partial charge on any atom is -0.382 e. The topological polar surface area (TPSA) is 69.6 Å². The maximum atomic E-state index is 12.2. The van der Waals surface area contributed by atoms with Gasteiger partial charge in [0.15, 0.2) is 6.10 Å². The fourth-order valence-electron chi connectivity index (χ4n) is 1.85. The predicted octanol–water partition coefficient (Wildman–Crippen LogP) is 1.02. The quantitative estimate of drug-likeness (QED) is 0.748. The molecule has 1 aliphatic heterocycles. The summed E-state index contributed by atoms with van der Waals surface area (Å²) in [6.07, 6.45) is -7.01. The van der Waals surface area contributed by atoms with Crippen LogP contribution in [-0.4, -0.2) is 46.3 Å². The highest BCUT2D eigenvalue weighted by Crippen LogP contribution is 2.27. The number of urea groups is 1. The fraction of sp³-hybridized carbons (Fsp3) is 0.800. The summed E-state index contributed by atoms with van der Waals surface area (Å²) in [5.74, 6) is -0.721. The molecule has 0 aromatic heterocycles. The minimum absolute atomic E-state index is 0.284. The van der Waals surface area contributed by atoms with E-state index in [9.17, 15) is 22.8 Å². The average Bonchev–Trinajstić information content (AvgIpc) is 2.52. The Morgan fingerprint density at radius 3 is 2.17 bits per heavy atom. The average molecular weight is 268 g/mol. The van der Waals surface area contributed by atoms with Crippen molar-refractivity contribution in [3.63, 3.8) is 0 Å². The van der Waals surface area contributed by atoms with E-state index < -0.39 is 36.3 Å². The second-order valence-corrected chi connectivity index (χ2v) is 4.19.